The molecule has 170 valence electrons. The first-order valence-corrected chi connectivity index (χ1v) is 12.2. The minimum absolute atomic E-state index is 0.196. The molecule has 2 aliphatic rings. The van der Waals surface area contributed by atoms with Crippen molar-refractivity contribution < 1.29 is 13.4 Å². The van der Waals surface area contributed by atoms with Gasteiger partial charge in [0.25, 0.3) is 0 Å². The highest BCUT2D eigenvalue weighted by molar-refractivity contribution is 7.82. The molecular formula is C24H24FN5O2S. The summed E-state index contributed by atoms with van der Waals surface area (Å²) >= 11 is 0. The first-order chi connectivity index (χ1) is 16.1. The largest absolute Gasteiger partial charge is 0.349 e. The van der Waals surface area contributed by atoms with Crippen LogP contribution in [0, 0.1) is 5.82 Å². The molecule has 2 atom stereocenters. The van der Waals surface area contributed by atoms with Gasteiger partial charge in [-0.25, -0.2) is 22.9 Å². The fraction of sp³-hybridized carbons (Fsp3) is 0.333. The average Bonchev–Trinajstić information content (AvgIpc) is 3.59. The Labute approximate surface area is 194 Å². The third-order valence-corrected chi connectivity index (χ3v) is 7.52. The zero-order valence-corrected chi connectivity index (χ0v) is 18.8. The molecular weight excluding hydrogens is 441 g/mol. The monoisotopic (exact) mass is 465 g/mol. The van der Waals surface area contributed by atoms with Gasteiger partial charge >= 0.3 is 0 Å². The number of pyridine rings is 1. The highest BCUT2D eigenvalue weighted by Gasteiger charge is 2.35. The number of benzene rings is 1. The van der Waals surface area contributed by atoms with Crippen molar-refractivity contribution in [1.82, 2.24) is 24.6 Å². The van der Waals surface area contributed by atoms with Crippen LogP contribution >= 0.6 is 0 Å². The number of halogens is 1. The Balaban J connectivity index is 1.22. The second-order valence-corrected chi connectivity index (χ2v) is 9.80. The normalized spacial score (nSPS) is 19.4. The Morgan fingerprint density at radius 3 is 2.64 bits per heavy atom. The predicted octanol–water partition coefficient (Wildman–Crippen LogP) is 3.36. The molecule has 1 aromatic carbocycles. The van der Waals surface area contributed by atoms with Crippen LogP contribution in [0.4, 0.5) is 4.39 Å². The van der Waals surface area contributed by atoms with E-state index in [2.05, 4.69) is 20.3 Å². The number of amides is 1. The molecule has 0 bridgehead atoms. The second kappa shape index (κ2) is 9.44. The summed E-state index contributed by atoms with van der Waals surface area (Å²) in [5.74, 6) is 0.0201. The van der Waals surface area contributed by atoms with Crippen molar-refractivity contribution in [2.75, 3.05) is 6.54 Å². The SMILES string of the molecule is O=C(NCc1cc(-c2ccc(C3CC3)nc2)ncn1)C1CCCN1S(=O)c1ccc(F)cc1. The van der Waals surface area contributed by atoms with Gasteiger partial charge < -0.3 is 5.32 Å². The summed E-state index contributed by atoms with van der Waals surface area (Å²) in [6, 6.07) is 11.0. The second-order valence-electron chi connectivity index (χ2n) is 8.36. The molecule has 7 nitrogen and oxygen atoms in total. The van der Waals surface area contributed by atoms with E-state index < -0.39 is 17.0 Å². The van der Waals surface area contributed by atoms with Crippen molar-refractivity contribution in [3.05, 3.63) is 72.2 Å². The van der Waals surface area contributed by atoms with Crippen LogP contribution in [-0.2, 0) is 22.3 Å². The predicted molar refractivity (Wildman–Crippen MR) is 122 cm³/mol. The van der Waals surface area contributed by atoms with E-state index in [0.29, 0.717) is 29.5 Å². The molecule has 1 aliphatic heterocycles. The van der Waals surface area contributed by atoms with Crippen LogP contribution in [0.3, 0.4) is 0 Å². The maximum absolute atomic E-state index is 13.2. The zero-order valence-electron chi connectivity index (χ0n) is 18.0. The standard InChI is InChI=1S/C24H24FN5O2S/c25-18-6-8-20(9-7-18)33(32)30-11-1-2-23(30)24(31)27-14-19-12-22(29-15-28-19)17-5-10-21(26-13-17)16-3-4-16/h5-10,12-13,15-16,23H,1-4,11,14H2,(H,27,31). The van der Waals surface area contributed by atoms with Crippen LogP contribution < -0.4 is 5.32 Å². The van der Waals surface area contributed by atoms with Crippen LogP contribution in [0.25, 0.3) is 11.3 Å². The molecule has 5 rings (SSSR count). The molecule has 1 saturated heterocycles. The molecule has 33 heavy (non-hydrogen) atoms. The van der Waals surface area contributed by atoms with E-state index in [1.54, 1.807) is 4.31 Å². The Morgan fingerprint density at radius 2 is 1.91 bits per heavy atom. The van der Waals surface area contributed by atoms with E-state index in [0.717, 1.165) is 23.4 Å². The van der Waals surface area contributed by atoms with E-state index in [9.17, 15) is 13.4 Å². The lowest BCUT2D eigenvalue weighted by Crippen LogP contribution is -2.43. The third kappa shape index (κ3) is 4.99. The highest BCUT2D eigenvalue weighted by atomic mass is 32.2. The van der Waals surface area contributed by atoms with Gasteiger partial charge in [-0.3, -0.25) is 9.78 Å². The lowest BCUT2D eigenvalue weighted by Gasteiger charge is -2.22. The topological polar surface area (TPSA) is 88.1 Å². The molecule has 9 heteroatoms. The third-order valence-electron chi connectivity index (χ3n) is 5.98. The Morgan fingerprint density at radius 1 is 1.09 bits per heavy atom. The summed E-state index contributed by atoms with van der Waals surface area (Å²) in [6.07, 6.45) is 7.12. The van der Waals surface area contributed by atoms with Crippen molar-refractivity contribution in [3.63, 3.8) is 0 Å². The first-order valence-electron chi connectivity index (χ1n) is 11.1. The minimum Gasteiger partial charge on any atom is -0.349 e. The van der Waals surface area contributed by atoms with Crippen molar-refractivity contribution in [1.29, 1.82) is 0 Å². The molecule has 3 heterocycles. The fourth-order valence-electron chi connectivity index (χ4n) is 4.01. The summed E-state index contributed by atoms with van der Waals surface area (Å²) in [6.45, 7) is 0.791. The number of nitrogens with zero attached hydrogens (tertiary/aromatic N) is 4. The van der Waals surface area contributed by atoms with Crippen molar-refractivity contribution in [2.24, 2.45) is 0 Å². The number of carbonyl (C=O) groups excluding carboxylic acids is 1. The molecule has 1 aliphatic carbocycles. The van der Waals surface area contributed by atoms with Gasteiger partial charge in [0, 0.05) is 29.9 Å². The summed E-state index contributed by atoms with van der Waals surface area (Å²) in [7, 11) is -1.52. The summed E-state index contributed by atoms with van der Waals surface area (Å²) in [5.41, 5.74) is 3.47. The molecule has 2 aromatic heterocycles. The summed E-state index contributed by atoms with van der Waals surface area (Å²) in [4.78, 5) is 26.5. The van der Waals surface area contributed by atoms with Crippen LogP contribution in [0.15, 0.2) is 59.9 Å². The Kier molecular flexibility index (Phi) is 6.24. The summed E-state index contributed by atoms with van der Waals surface area (Å²) < 4.78 is 27.8. The molecule has 1 N–H and O–H groups in total. The van der Waals surface area contributed by atoms with E-state index in [1.165, 1.54) is 43.4 Å². The number of hydrogen-bond acceptors (Lipinski definition) is 5. The molecule has 2 fully saturated rings. The van der Waals surface area contributed by atoms with Crippen LogP contribution in [0.5, 0.6) is 0 Å². The average molecular weight is 466 g/mol. The van der Waals surface area contributed by atoms with Gasteiger partial charge in [-0.15, -0.1) is 0 Å². The number of rotatable bonds is 7. The van der Waals surface area contributed by atoms with Gasteiger partial charge in [-0.05, 0) is 68.1 Å². The maximum atomic E-state index is 13.2. The lowest BCUT2D eigenvalue weighted by atomic mass is 10.1. The van der Waals surface area contributed by atoms with Crippen LogP contribution in [0.2, 0.25) is 0 Å². The van der Waals surface area contributed by atoms with Gasteiger partial charge in [-0.1, -0.05) is 0 Å². The molecule has 0 radical (unpaired) electrons. The van der Waals surface area contributed by atoms with E-state index in [4.69, 9.17) is 0 Å². The number of aromatic nitrogens is 3. The zero-order chi connectivity index (χ0) is 22.8. The quantitative estimate of drug-likeness (QED) is 0.578. The van der Waals surface area contributed by atoms with Gasteiger partial charge in [0.2, 0.25) is 5.91 Å². The van der Waals surface area contributed by atoms with Crippen molar-refractivity contribution in [2.45, 2.75) is 49.1 Å². The molecule has 2 unspecified atom stereocenters. The highest BCUT2D eigenvalue weighted by Crippen LogP contribution is 2.39. The van der Waals surface area contributed by atoms with Gasteiger partial charge in [-0.2, -0.15) is 0 Å². The van der Waals surface area contributed by atoms with E-state index in [-0.39, 0.29) is 18.3 Å². The molecule has 0 spiro atoms. The van der Waals surface area contributed by atoms with Crippen molar-refractivity contribution in [3.8, 4) is 11.3 Å². The molecule has 1 saturated carbocycles. The Hall–Kier alpha value is -3.04. The smallest absolute Gasteiger partial charge is 0.238 e. The minimum atomic E-state index is -1.52. The van der Waals surface area contributed by atoms with Gasteiger partial charge in [0.15, 0.2) is 0 Å². The van der Waals surface area contributed by atoms with Crippen molar-refractivity contribution >= 4 is 16.9 Å². The van der Waals surface area contributed by atoms with Gasteiger partial charge in [0.1, 0.15) is 29.2 Å². The summed E-state index contributed by atoms with van der Waals surface area (Å²) in [5, 5.41) is 2.92. The van der Waals surface area contributed by atoms with Crippen LogP contribution in [-0.4, -0.2) is 42.0 Å². The number of hydrogen-bond donors (Lipinski definition) is 1. The maximum Gasteiger partial charge on any atom is 0.238 e. The van der Waals surface area contributed by atoms with Crippen LogP contribution in [0.1, 0.15) is 43.0 Å². The van der Waals surface area contributed by atoms with E-state index in [1.807, 2.05) is 24.4 Å². The van der Waals surface area contributed by atoms with E-state index >= 15 is 0 Å². The lowest BCUT2D eigenvalue weighted by molar-refractivity contribution is -0.124. The van der Waals surface area contributed by atoms with Gasteiger partial charge in [0.05, 0.1) is 22.8 Å². The number of nitrogens with one attached hydrogen (secondary N) is 1. The fourth-order valence-corrected chi connectivity index (χ4v) is 5.38. The Bertz CT molecular complexity index is 1170. The molecule has 3 aromatic rings. The first kappa shape index (κ1) is 21.8. The molecule has 1 amide bonds. The number of carbonyl (C=O) groups is 1.